The number of hydrogen-bond acceptors (Lipinski definition) is 1. The Bertz CT molecular complexity index is 520. The van der Waals surface area contributed by atoms with E-state index >= 15 is 0 Å². The maximum atomic E-state index is 6.00. The van der Waals surface area contributed by atoms with Crippen molar-refractivity contribution in [2.75, 3.05) is 0 Å². The van der Waals surface area contributed by atoms with Gasteiger partial charge in [-0.3, -0.25) is 4.68 Å². The van der Waals surface area contributed by atoms with Crippen molar-refractivity contribution in [2.24, 2.45) is 0 Å². The van der Waals surface area contributed by atoms with Crippen molar-refractivity contribution in [3.05, 3.63) is 39.5 Å². The molecular formula is C12H12BrClN2. The molecule has 0 spiro atoms. The van der Waals surface area contributed by atoms with E-state index in [-0.39, 0.29) is 0 Å². The highest BCUT2D eigenvalue weighted by Gasteiger charge is 2.13. The van der Waals surface area contributed by atoms with Gasteiger partial charge in [0.2, 0.25) is 0 Å². The number of nitrogens with zero attached hydrogens (tertiary/aromatic N) is 2. The van der Waals surface area contributed by atoms with Gasteiger partial charge in [-0.25, -0.2) is 0 Å². The van der Waals surface area contributed by atoms with Gasteiger partial charge in [-0.2, -0.15) is 5.10 Å². The maximum Gasteiger partial charge on any atom is 0.0827 e. The molecule has 1 heterocycles. The number of aromatic nitrogens is 2. The summed E-state index contributed by atoms with van der Waals surface area (Å²) < 4.78 is 3.02. The molecule has 0 bridgehead atoms. The lowest BCUT2D eigenvalue weighted by molar-refractivity contribution is 0.660. The Balaban J connectivity index is 2.63. The van der Waals surface area contributed by atoms with Crippen molar-refractivity contribution in [3.63, 3.8) is 0 Å². The third-order valence-corrected chi connectivity index (χ3v) is 3.64. The summed E-state index contributed by atoms with van der Waals surface area (Å²) in [5.41, 5.74) is 3.17. The van der Waals surface area contributed by atoms with E-state index in [0.717, 1.165) is 33.0 Å². The molecule has 0 radical (unpaired) electrons. The fraction of sp³-hybridized carbons (Fsp3) is 0.250. The molecule has 0 aliphatic heterocycles. The Morgan fingerprint density at radius 1 is 1.44 bits per heavy atom. The number of rotatable bonds is 2. The van der Waals surface area contributed by atoms with Crippen molar-refractivity contribution in [3.8, 4) is 11.3 Å². The fourth-order valence-corrected chi connectivity index (χ4v) is 2.40. The standard InChI is InChI=1S/C12H12BrClN2/c1-3-16-12(11(13)8(2)15-16)9-5-4-6-10(14)7-9/h4-7H,3H2,1-2H3. The average molecular weight is 300 g/mol. The van der Waals surface area contributed by atoms with E-state index in [0.29, 0.717) is 0 Å². The van der Waals surface area contributed by atoms with Crippen LogP contribution in [0.4, 0.5) is 0 Å². The van der Waals surface area contributed by atoms with E-state index in [1.165, 1.54) is 0 Å². The van der Waals surface area contributed by atoms with Crippen LogP contribution in [0.2, 0.25) is 5.02 Å². The molecular weight excluding hydrogens is 288 g/mol. The van der Waals surface area contributed by atoms with E-state index in [1.54, 1.807) is 0 Å². The molecule has 2 nitrogen and oxygen atoms in total. The van der Waals surface area contributed by atoms with Gasteiger partial charge in [0, 0.05) is 17.1 Å². The van der Waals surface area contributed by atoms with E-state index in [9.17, 15) is 0 Å². The first-order chi connectivity index (χ1) is 7.63. The van der Waals surface area contributed by atoms with Crippen molar-refractivity contribution in [2.45, 2.75) is 20.4 Å². The van der Waals surface area contributed by atoms with Gasteiger partial charge in [0.25, 0.3) is 0 Å². The average Bonchev–Trinajstić information content (AvgIpc) is 2.55. The summed E-state index contributed by atoms with van der Waals surface area (Å²) in [6.45, 7) is 4.91. The van der Waals surface area contributed by atoms with Gasteiger partial charge in [-0.15, -0.1) is 0 Å². The SMILES string of the molecule is CCn1nc(C)c(Br)c1-c1cccc(Cl)c1. The minimum atomic E-state index is 0.742. The fourth-order valence-electron chi connectivity index (χ4n) is 1.70. The van der Waals surface area contributed by atoms with Crippen LogP contribution in [0.15, 0.2) is 28.7 Å². The number of benzene rings is 1. The Morgan fingerprint density at radius 2 is 2.19 bits per heavy atom. The summed E-state index contributed by atoms with van der Waals surface area (Å²) in [6, 6.07) is 7.82. The number of aryl methyl sites for hydroxylation is 2. The highest BCUT2D eigenvalue weighted by Crippen LogP contribution is 2.32. The first-order valence-electron chi connectivity index (χ1n) is 5.12. The molecule has 0 aliphatic rings. The summed E-state index contributed by atoms with van der Waals surface area (Å²) in [4.78, 5) is 0. The topological polar surface area (TPSA) is 17.8 Å². The maximum absolute atomic E-state index is 6.00. The minimum Gasteiger partial charge on any atom is -0.264 e. The molecule has 2 rings (SSSR count). The lowest BCUT2D eigenvalue weighted by Crippen LogP contribution is -1.99. The van der Waals surface area contributed by atoms with Gasteiger partial charge in [-0.05, 0) is 41.9 Å². The molecule has 1 aromatic carbocycles. The summed E-state index contributed by atoms with van der Waals surface area (Å²) >= 11 is 9.58. The molecule has 2 aromatic rings. The van der Waals surface area contributed by atoms with Gasteiger partial charge in [-0.1, -0.05) is 23.7 Å². The van der Waals surface area contributed by atoms with Crippen LogP contribution >= 0.6 is 27.5 Å². The predicted octanol–water partition coefficient (Wildman–Crippen LogP) is 4.29. The summed E-state index contributed by atoms with van der Waals surface area (Å²) in [5.74, 6) is 0. The van der Waals surface area contributed by atoms with Crippen LogP contribution in [0.3, 0.4) is 0 Å². The molecule has 0 fully saturated rings. The van der Waals surface area contributed by atoms with Gasteiger partial charge >= 0.3 is 0 Å². The first-order valence-corrected chi connectivity index (χ1v) is 6.29. The zero-order valence-electron chi connectivity index (χ0n) is 9.17. The van der Waals surface area contributed by atoms with Crippen LogP contribution in [-0.4, -0.2) is 9.78 Å². The lowest BCUT2D eigenvalue weighted by Gasteiger charge is -2.05. The van der Waals surface area contributed by atoms with Crippen LogP contribution in [0.25, 0.3) is 11.3 Å². The minimum absolute atomic E-state index is 0.742. The number of hydrogen-bond donors (Lipinski definition) is 0. The molecule has 1 aromatic heterocycles. The smallest absolute Gasteiger partial charge is 0.0827 e. The largest absolute Gasteiger partial charge is 0.264 e. The molecule has 0 unspecified atom stereocenters. The van der Waals surface area contributed by atoms with Crippen LogP contribution in [0.5, 0.6) is 0 Å². The van der Waals surface area contributed by atoms with Gasteiger partial charge < -0.3 is 0 Å². The van der Waals surface area contributed by atoms with Crippen LogP contribution in [0, 0.1) is 6.92 Å². The molecule has 0 saturated carbocycles. The second-order valence-corrected chi connectivity index (χ2v) is 4.80. The van der Waals surface area contributed by atoms with Crippen molar-refractivity contribution in [1.82, 2.24) is 9.78 Å². The van der Waals surface area contributed by atoms with Gasteiger partial charge in [0.15, 0.2) is 0 Å². The van der Waals surface area contributed by atoms with Gasteiger partial charge in [0.1, 0.15) is 0 Å². The molecule has 84 valence electrons. The van der Waals surface area contributed by atoms with Crippen LogP contribution in [-0.2, 0) is 6.54 Å². The predicted molar refractivity (Wildman–Crippen MR) is 70.8 cm³/mol. The summed E-state index contributed by atoms with van der Waals surface area (Å²) in [5, 5.41) is 5.20. The summed E-state index contributed by atoms with van der Waals surface area (Å²) in [6.07, 6.45) is 0. The Kier molecular flexibility index (Phi) is 3.36. The molecule has 0 atom stereocenters. The normalized spacial score (nSPS) is 10.8. The Hall–Kier alpha value is -0.800. The van der Waals surface area contributed by atoms with Crippen LogP contribution < -0.4 is 0 Å². The lowest BCUT2D eigenvalue weighted by atomic mass is 10.1. The van der Waals surface area contributed by atoms with E-state index in [2.05, 4.69) is 28.0 Å². The third-order valence-electron chi connectivity index (χ3n) is 2.45. The molecule has 0 amide bonds. The third kappa shape index (κ3) is 2.02. The second-order valence-electron chi connectivity index (χ2n) is 3.57. The van der Waals surface area contributed by atoms with E-state index in [1.807, 2.05) is 35.9 Å². The monoisotopic (exact) mass is 298 g/mol. The number of halogens is 2. The molecule has 0 saturated heterocycles. The highest BCUT2D eigenvalue weighted by molar-refractivity contribution is 9.10. The van der Waals surface area contributed by atoms with Crippen molar-refractivity contribution in [1.29, 1.82) is 0 Å². The molecule has 0 N–H and O–H groups in total. The Labute approximate surface area is 108 Å². The molecule has 0 aliphatic carbocycles. The zero-order chi connectivity index (χ0) is 11.7. The zero-order valence-corrected chi connectivity index (χ0v) is 11.5. The quantitative estimate of drug-likeness (QED) is 0.808. The van der Waals surface area contributed by atoms with Crippen molar-refractivity contribution < 1.29 is 0 Å². The Morgan fingerprint density at radius 3 is 2.81 bits per heavy atom. The second kappa shape index (κ2) is 4.60. The van der Waals surface area contributed by atoms with E-state index < -0.39 is 0 Å². The van der Waals surface area contributed by atoms with Crippen molar-refractivity contribution >= 4 is 27.5 Å². The molecule has 16 heavy (non-hydrogen) atoms. The highest BCUT2D eigenvalue weighted by atomic mass is 79.9. The van der Waals surface area contributed by atoms with E-state index in [4.69, 9.17) is 11.6 Å². The summed E-state index contributed by atoms with van der Waals surface area (Å²) in [7, 11) is 0. The van der Waals surface area contributed by atoms with Crippen LogP contribution in [0.1, 0.15) is 12.6 Å². The van der Waals surface area contributed by atoms with Gasteiger partial charge in [0.05, 0.1) is 15.9 Å². The molecule has 4 heteroatoms. The first kappa shape index (κ1) is 11.7.